The van der Waals surface area contributed by atoms with Crippen molar-refractivity contribution in [3.63, 3.8) is 0 Å². The number of rotatable bonds is 10. The second kappa shape index (κ2) is 12.7. The van der Waals surface area contributed by atoms with Crippen LogP contribution in [0.15, 0.2) is 46.9 Å². The normalized spacial score (nSPS) is 12.0. The second-order valence-corrected chi connectivity index (χ2v) is 10.4. The molecule has 0 heterocycles. The summed E-state index contributed by atoms with van der Waals surface area (Å²) in [5.74, 6) is 1.00. The van der Waals surface area contributed by atoms with E-state index in [0.29, 0.717) is 34.8 Å². The Balaban J connectivity index is 2.05. The number of thioether (sulfide) groups is 1. The van der Waals surface area contributed by atoms with Crippen LogP contribution in [0.1, 0.15) is 31.9 Å². The van der Waals surface area contributed by atoms with Crippen molar-refractivity contribution in [1.82, 2.24) is 10.2 Å². The third kappa shape index (κ3) is 8.68. The van der Waals surface area contributed by atoms with Gasteiger partial charge in [-0.05, 0) is 48.2 Å². The Bertz CT molecular complexity index is 894. The van der Waals surface area contributed by atoms with Gasteiger partial charge in [-0.1, -0.05) is 71.2 Å². The van der Waals surface area contributed by atoms with Gasteiger partial charge in [-0.3, -0.25) is 9.59 Å². The Labute approximate surface area is 207 Å². The Morgan fingerprint density at radius 2 is 1.68 bits per heavy atom. The first-order valence-corrected chi connectivity index (χ1v) is 12.7. The fourth-order valence-corrected chi connectivity index (χ4v) is 4.23. The van der Waals surface area contributed by atoms with Crippen LogP contribution in [0.3, 0.4) is 0 Å². The van der Waals surface area contributed by atoms with Gasteiger partial charge in [0.25, 0.3) is 0 Å². The molecule has 2 aromatic carbocycles. The number of halogens is 3. The summed E-state index contributed by atoms with van der Waals surface area (Å²) in [7, 11) is 0. The van der Waals surface area contributed by atoms with E-state index >= 15 is 0 Å². The summed E-state index contributed by atoms with van der Waals surface area (Å²) in [6, 6.07) is 12.7. The summed E-state index contributed by atoms with van der Waals surface area (Å²) in [5.41, 5.74) is 1.96. The maximum absolute atomic E-state index is 13.1. The van der Waals surface area contributed by atoms with Crippen molar-refractivity contribution in [2.75, 3.05) is 12.3 Å². The number of benzene rings is 2. The van der Waals surface area contributed by atoms with Gasteiger partial charge in [-0.25, -0.2) is 0 Å². The number of nitrogens with one attached hydrogen (secondary N) is 1. The largest absolute Gasteiger partial charge is 0.354 e. The minimum Gasteiger partial charge on any atom is -0.354 e. The third-order valence-corrected chi connectivity index (χ3v) is 6.85. The summed E-state index contributed by atoms with van der Waals surface area (Å²) in [6.07, 6.45) is 0. The Morgan fingerprint density at radius 3 is 2.29 bits per heavy atom. The maximum Gasteiger partial charge on any atom is 0.242 e. The quantitative estimate of drug-likeness (QED) is 0.388. The van der Waals surface area contributed by atoms with Gasteiger partial charge in [0.05, 0.1) is 15.8 Å². The first-order valence-electron chi connectivity index (χ1n) is 10.0. The highest BCUT2D eigenvalue weighted by atomic mass is 79.9. The lowest BCUT2D eigenvalue weighted by Gasteiger charge is -2.29. The molecule has 1 N–H and O–H groups in total. The number of carbonyl (C=O) groups is 2. The Kier molecular flexibility index (Phi) is 10.7. The van der Waals surface area contributed by atoms with Crippen LogP contribution in [-0.4, -0.2) is 35.1 Å². The summed E-state index contributed by atoms with van der Waals surface area (Å²) < 4.78 is 0.967. The molecule has 0 unspecified atom stereocenters. The minimum absolute atomic E-state index is 0.0832. The first-order chi connectivity index (χ1) is 14.7. The van der Waals surface area contributed by atoms with E-state index in [9.17, 15) is 9.59 Å². The van der Waals surface area contributed by atoms with Crippen LogP contribution in [0.4, 0.5) is 0 Å². The van der Waals surface area contributed by atoms with Gasteiger partial charge in [0, 0.05) is 23.3 Å². The van der Waals surface area contributed by atoms with E-state index in [1.54, 1.807) is 17.9 Å². The van der Waals surface area contributed by atoms with Crippen LogP contribution in [0, 0.1) is 5.92 Å². The molecule has 2 rings (SSSR count). The minimum atomic E-state index is -0.569. The molecule has 0 saturated carbocycles. The van der Waals surface area contributed by atoms with Crippen LogP contribution in [0.5, 0.6) is 0 Å². The molecule has 0 fully saturated rings. The summed E-state index contributed by atoms with van der Waals surface area (Å²) in [6.45, 7) is 6.80. The highest BCUT2D eigenvalue weighted by molar-refractivity contribution is 9.10. The molecule has 168 valence electrons. The van der Waals surface area contributed by atoms with E-state index in [1.807, 2.05) is 50.2 Å². The van der Waals surface area contributed by atoms with Crippen molar-refractivity contribution in [3.05, 3.63) is 68.1 Å². The lowest BCUT2D eigenvalue weighted by molar-refractivity contribution is -0.138. The zero-order valence-electron chi connectivity index (χ0n) is 17.8. The van der Waals surface area contributed by atoms with E-state index < -0.39 is 6.04 Å². The predicted molar refractivity (Wildman–Crippen MR) is 135 cm³/mol. The average Bonchev–Trinajstić information content (AvgIpc) is 2.73. The number of hydrogen-bond donors (Lipinski definition) is 1. The molecule has 1 atom stereocenters. The Morgan fingerprint density at radius 1 is 1.03 bits per heavy atom. The second-order valence-electron chi connectivity index (χ2n) is 7.70. The van der Waals surface area contributed by atoms with Crippen molar-refractivity contribution in [2.24, 2.45) is 5.92 Å². The number of hydrogen-bond acceptors (Lipinski definition) is 3. The monoisotopic (exact) mass is 544 g/mol. The van der Waals surface area contributed by atoms with Gasteiger partial charge in [0.15, 0.2) is 0 Å². The zero-order valence-corrected chi connectivity index (χ0v) is 21.7. The molecule has 0 aromatic heterocycles. The zero-order chi connectivity index (χ0) is 23.0. The van der Waals surface area contributed by atoms with E-state index in [0.717, 1.165) is 15.6 Å². The van der Waals surface area contributed by atoms with Gasteiger partial charge in [-0.15, -0.1) is 11.8 Å². The highest BCUT2D eigenvalue weighted by Gasteiger charge is 2.26. The van der Waals surface area contributed by atoms with Gasteiger partial charge >= 0.3 is 0 Å². The number of carbonyl (C=O) groups excluding carboxylic acids is 2. The lowest BCUT2D eigenvalue weighted by atomic mass is 10.1. The fourth-order valence-electron chi connectivity index (χ4n) is 2.79. The molecule has 31 heavy (non-hydrogen) atoms. The molecular weight excluding hydrogens is 519 g/mol. The topological polar surface area (TPSA) is 49.4 Å². The smallest absolute Gasteiger partial charge is 0.242 e. The van der Waals surface area contributed by atoms with Crippen LogP contribution in [-0.2, 0) is 21.9 Å². The molecule has 4 nitrogen and oxygen atoms in total. The number of nitrogens with zero attached hydrogens (tertiary/aromatic N) is 1. The summed E-state index contributed by atoms with van der Waals surface area (Å²) in [5, 5.41) is 3.94. The van der Waals surface area contributed by atoms with E-state index in [2.05, 4.69) is 21.2 Å². The molecule has 0 radical (unpaired) electrons. The van der Waals surface area contributed by atoms with Gasteiger partial charge in [0.2, 0.25) is 11.8 Å². The van der Waals surface area contributed by atoms with Crippen molar-refractivity contribution in [3.8, 4) is 0 Å². The molecule has 0 saturated heterocycles. The van der Waals surface area contributed by atoms with Crippen LogP contribution in [0.2, 0.25) is 10.0 Å². The number of amides is 2. The molecule has 8 heteroatoms. The summed E-state index contributed by atoms with van der Waals surface area (Å²) in [4.78, 5) is 27.4. The van der Waals surface area contributed by atoms with E-state index in [4.69, 9.17) is 23.2 Å². The maximum atomic E-state index is 13.1. The fraction of sp³-hybridized carbons (Fsp3) is 0.391. The van der Waals surface area contributed by atoms with Crippen molar-refractivity contribution in [1.29, 1.82) is 0 Å². The van der Waals surface area contributed by atoms with Crippen molar-refractivity contribution < 1.29 is 9.59 Å². The van der Waals surface area contributed by atoms with Crippen molar-refractivity contribution in [2.45, 2.75) is 39.1 Å². The van der Waals surface area contributed by atoms with E-state index in [-0.39, 0.29) is 17.6 Å². The standard InChI is InChI=1S/C23H27BrCl2N2O2S/c1-15(2)11-27-23(30)16(3)28(12-17-4-7-19(24)8-5-17)22(29)14-31-13-18-6-9-20(25)21(26)10-18/h4-10,15-16H,11-14H2,1-3H3,(H,27,30)/t16-/m1/s1. The predicted octanol–water partition coefficient (Wildman–Crippen LogP) is 6.18. The van der Waals surface area contributed by atoms with Gasteiger partial charge in [-0.2, -0.15) is 0 Å². The third-order valence-electron chi connectivity index (χ3n) is 4.60. The lowest BCUT2D eigenvalue weighted by Crippen LogP contribution is -2.48. The van der Waals surface area contributed by atoms with Crippen LogP contribution < -0.4 is 5.32 Å². The van der Waals surface area contributed by atoms with E-state index in [1.165, 1.54) is 11.8 Å². The molecule has 0 aliphatic carbocycles. The van der Waals surface area contributed by atoms with Crippen molar-refractivity contribution >= 4 is 62.7 Å². The first kappa shape index (κ1) is 26.0. The average molecular weight is 546 g/mol. The molecule has 2 aromatic rings. The highest BCUT2D eigenvalue weighted by Crippen LogP contribution is 2.25. The van der Waals surface area contributed by atoms with Gasteiger partial charge in [0.1, 0.15) is 6.04 Å². The molecule has 2 amide bonds. The molecule has 0 aliphatic rings. The summed E-state index contributed by atoms with van der Waals surface area (Å²) >= 11 is 16.9. The molecule has 0 spiro atoms. The SMILES string of the molecule is CC(C)CNC(=O)[C@@H](C)N(Cc1ccc(Br)cc1)C(=O)CSCc1ccc(Cl)c(Cl)c1. The molecule has 0 bridgehead atoms. The van der Waals surface area contributed by atoms with Gasteiger partial charge < -0.3 is 10.2 Å². The van der Waals surface area contributed by atoms with Crippen LogP contribution >= 0.6 is 50.9 Å². The molecule has 0 aliphatic heterocycles. The Hall–Kier alpha value is -1.21. The molecular formula is C23H27BrCl2N2O2S. The van der Waals surface area contributed by atoms with Crippen LogP contribution in [0.25, 0.3) is 0 Å².